The average molecular weight is 409 g/mol. The molecule has 0 aliphatic carbocycles. The Morgan fingerprint density at radius 2 is 1.92 bits per heavy atom. The molecule has 0 spiro atoms. The Hall–Kier alpha value is -1.76. The van der Waals surface area contributed by atoms with Gasteiger partial charge in [0.25, 0.3) is 0 Å². The third-order valence-corrected chi connectivity index (χ3v) is 5.43. The quantitative estimate of drug-likeness (QED) is 0.583. The highest BCUT2D eigenvalue weighted by Crippen LogP contribution is 2.29. The zero-order chi connectivity index (χ0) is 18.8. The van der Waals surface area contributed by atoms with Crippen molar-refractivity contribution in [3.8, 4) is 0 Å². The Labute approximate surface area is 166 Å². The van der Waals surface area contributed by atoms with E-state index in [0.29, 0.717) is 26.8 Å². The number of para-hydroxylation sites is 1. The molecular weight excluding hydrogens is 391 g/mol. The Kier molecular flexibility index (Phi) is 5.75. The molecule has 26 heavy (non-hydrogen) atoms. The lowest BCUT2D eigenvalue weighted by atomic mass is 10.0. The van der Waals surface area contributed by atoms with Gasteiger partial charge in [-0.2, -0.15) is 0 Å². The molecule has 0 radical (unpaired) electrons. The smallest absolute Gasteiger partial charge is 0.237 e. The third-order valence-electron chi connectivity index (χ3n) is 3.89. The summed E-state index contributed by atoms with van der Waals surface area (Å²) in [6, 6.07) is 9.43. The highest BCUT2D eigenvalue weighted by Gasteiger charge is 2.20. The molecule has 0 aliphatic rings. The number of anilines is 1. The van der Waals surface area contributed by atoms with Crippen molar-refractivity contribution in [3.05, 3.63) is 52.1 Å². The van der Waals surface area contributed by atoms with Gasteiger partial charge in [0.2, 0.25) is 5.91 Å². The SMILES string of the molecule is CC(C)c1ccccc1NC(=O)[C@H](C)Sc1nnc2c(Cl)cc(Cl)cn12. The molecule has 3 aromatic rings. The van der Waals surface area contributed by atoms with Gasteiger partial charge in [0.15, 0.2) is 10.8 Å². The van der Waals surface area contributed by atoms with Crippen LogP contribution in [-0.2, 0) is 4.79 Å². The van der Waals surface area contributed by atoms with E-state index >= 15 is 0 Å². The Balaban J connectivity index is 1.78. The minimum Gasteiger partial charge on any atom is -0.325 e. The Bertz CT molecular complexity index is 958. The van der Waals surface area contributed by atoms with Crippen LogP contribution < -0.4 is 5.32 Å². The molecule has 1 amide bonds. The molecule has 0 saturated heterocycles. The van der Waals surface area contributed by atoms with Gasteiger partial charge in [-0.1, -0.05) is 67.0 Å². The molecule has 1 N–H and O–H groups in total. The van der Waals surface area contributed by atoms with E-state index in [4.69, 9.17) is 23.2 Å². The van der Waals surface area contributed by atoms with Crippen molar-refractivity contribution >= 4 is 52.2 Å². The summed E-state index contributed by atoms with van der Waals surface area (Å²) in [5.74, 6) is 0.215. The van der Waals surface area contributed by atoms with E-state index in [-0.39, 0.29) is 11.2 Å². The summed E-state index contributed by atoms with van der Waals surface area (Å²) < 4.78 is 1.70. The first-order valence-corrected chi connectivity index (χ1v) is 9.76. The second-order valence-corrected chi connectivity index (χ2v) is 8.33. The van der Waals surface area contributed by atoms with Crippen LogP contribution in [0.4, 0.5) is 5.69 Å². The molecule has 0 unspecified atom stereocenters. The van der Waals surface area contributed by atoms with Crippen molar-refractivity contribution in [1.82, 2.24) is 14.6 Å². The number of nitrogens with one attached hydrogen (secondary N) is 1. The largest absolute Gasteiger partial charge is 0.325 e. The predicted molar refractivity (Wildman–Crippen MR) is 107 cm³/mol. The maximum absolute atomic E-state index is 12.6. The summed E-state index contributed by atoms with van der Waals surface area (Å²) in [5.41, 5.74) is 2.44. The van der Waals surface area contributed by atoms with Crippen molar-refractivity contribution in [2.45, 2.75) is 37.1 Å². The summed E-state index contributed by atoms with van der Waals surface area (Å²) in [6.45, 7) is 6.02. The van der Waals surface area contributed by atoms with Gasteiger partial charge in [0, 0.05) is 11.9 Å². The average Bonchev–Trinajstić information content (AvgIpc) is 2.98. The molecule has 8 heteroatoms. The first kappa shape index (κ1) is 19.0. The van der Waals surface area contributed by atoms with Crippen LogP contribution in [0.1, 0.15) is 32.3 Å². The van der Waals surface area contributed by atoms with E-state index in [0.717, 1.165) is 11.3 Å². The lowest BCUT2D eigenvalue weighted by Gasteiger charge is -2.16. The van der Waals surface area contributed by atoms with Gasteiger partial charge in [-0.3, -0.25) is 9.20 Å². The fourth-order valence-corrected chi connectivity index (χ4v) is 3.87. The van der Waals surface area contributed by atoms with E-state index < -0.39 is 0 Å². The van der Waals surface area contributed by atoms with E-state index in [1.807, 2.05) is 31.2 Å². The number of aromatic nitrogens is 3. The summed E-state index contributed by atoms with van der Waals surface area (Å²) in [6.07, 6.45) is 1.68. The number of carbonyl (C=O) groups is 1. The molecule has 136 valence electrons. The Morgan fingerprint density at radius 3 is 2.65 bits per heavy atom. The van der Waals surface area contributed by atoms with Crippen molar-refractivity contribution in [3.63, 3.8) is 0 Å². The highest BCUT2D eigenvalue weighted by atomic mass is 35.5. The zero-order valence-corrected chi connectivity index (χ0v) is 16.9. The minimum atomic E-state index is -0.375. The Morgan fingerprint density at radius 1 is 1.19 bits per heavy atom. The predicted octanol–water partition coefficient (Wildman–Crippen LogP) is 5.28. The van der Waals surface area contributed by atoms with Gasteiger partial charge in [-0.15, -0.1) is 10.2 Å². The van der Waals surface area contributed by atoms with Crippen LogP contribution >= 0.6 is 35.0 Å². The molecule has 5 nitrogen and oxygen atoms in total. The zero-order valence-electron chi connectivity index (χ0n) is 14.5. The summed E-state index contributed by atoms with van der Waals surface area (Å²) in [7, 11) is 0. The number of halogens is 2. The fourth-order valence-electron chi connectivity index (χ4n) is 2.54. The second kappa shape index (κ2) is 7.86. The number of pyridine rings is 1. The number of rotatable bonds is 5. The molecule has 0 aliphatic heterocycles. The van der Waals surface area contributed by atoms with Crippen molar-refractivity contribution in [2.24, 2.45) is 0 Å². The van der Waals surface area contributed by atoms with Crippen LogP contribution in [0.15, 0.2) is 41.7 Å². The topological polar surface area (TPSA) is 59.3 Å². The molecule has 1 aromatic carbocycles. The number of fused-ring (bicyclic) bond motifs is 1. The lowest BCUT2D eigenvalue weighted by molar-refractivity contribution is -0.115. The lowest BCUT2D eigenvalue weighted by Crippen LogP contribution is -2.23. The third kappa shape index (κ3) is 3.98. The van der Waals surface area contributed by atoms with Gasteiger partial charge < -0.3 is 5.32 Å². The van der Waals surface area contributed by atoms with Crippen LogP contribution in [0, 0.1) is 0 Å². The summed E-state index contributed by atoms with van der Waals surface area (Å²) in [5, 5.41) is 12.3. The van der Waals surface area contributed by atoms with Crippen LogP contribution in [-0.4, -0.2) is 25.8 Å². The molecule has 0 bridgehead atoms. The molecular formula is C18H18Cl2N4OS. The van der Waals surface area contributed by atoms with Gasteiger partial charge in [-0.05, 0) is 30.5 Å². The minimum absolute atomic E-state index is 0.104. The number of nitrogens with zero attached hydrogens (tertiary/aromatic N) is 3. The molecule has 1 atom stereocenters. The number of carbonyl (C=O) groups excluding carboxylic acids is 1. The number of thioether (sulfide) groups is 1. The maximum atomic E-state index is 12.6. The van der Waals surface area contributed by atoms with E-state index in [9.17, 15) is 4.79 Å². The molecule has 2 heterocycles. The molecule has 0 fully saturated rings. The monoisotopic (exact) mass is 408 g/mol. The molecule has 0 saturated carbocycles. The van der Waals surface area contributed by atoms with Gasteiger partial charge in [-0.25, -0.2) is 0 Å². The molecule has 2 aromatic heterocycles. The number of amides is 1. The van der Waals surface area contributed by atoms with E-state index in [2.05, 4.69) is 29.4 Å². The van der Waals surface area contributed by atoms with Crippen LogP contribution in [0.5, 0.6) is 0 Å². The summed E-state index contributed by atoms with van der Waals surface area (Å²) in [4.78, 5) is 12.6. The van der Waals surface area contributed by atoms with Crippen LogP contribution in [0.2, 0.25) is 10.0 Å². The number of benzene rings is 1. The standard InChI is InChI=1S/C18H18Cl2N4OS/c1-10(2)13-6-4-5-7-15(13)21-17(25)11(3)26-18-23-22-16-14(20)8-12(19)9-24(16)18/h4-11H,1-3H3,(H,21,25)/t11-/m0/s1. The van der Waals surface area contributed by atoms with Crippen molar-refractivity contribution < 1.29 is 4.79 Å². The van der Waals surface area contributed by atoms with Gasteiger partial charge >= 0.3 is 0 Å². The number of hydrogen-bond donors (Lipinski definition) is 1. The van der Waals surface area contributed by atoms with E-state index in [1.54, 1.807) is 16.7 Å². The first-order chi connectivity index (χ1) is 12.4. The van der Waals surface area contributed by atoms with Crippen LogP contribution in [0.25, 0.3) is 5.65 Å². The second-order valence-electron chi connectivity index (χ2n) is 6.17. The highest BCUT2D eigenvalue weighted by molar-refractivity contribution is 8.00. The maximum Gasteiger partial charge on any atom is 0.237 e. The number of hydrogen-bond acceptors (Lipinski definition) is 4. The van der Waals surface area contributed by atoms with Gasteiger partial charge in [0.1, 0.15) is 0 Å². The van der Waals surface area contributed by atoms with Crippen LogP contribution in [0.3, 0.4) is 0 Å². The molecule has 3 rings (SSSR count). The summed E-state index contributed by atoms with van der Waals surface area (Å²) >= 11 is 13.5. The first-order valence-electron chi connectivity index (χ1n) is 8.13. The van der Waals surface area contributed by atoms with Crippen molar-refractivity contribution in [1.29, 1.82) is 0 Å². The normalized spacial score (nSPS) is 12.5. The fraction of sp³-hybridized carbons (Fsp3) is 0.278. The van der Waals surface area contributed by atoms with Crippen molar-refractivity contribution in [2.75, 3.05) is 5.32 Å². The van der Waals surface area contributed by atoms with E-state index in [1.165, 1.54) is 11.8 Å². The van der Waals surface area contributed by atoms with Gasteiger partial charge in [0.05, 0.1) is 15.3 Å².